The van der Waals surface area contributed by atoms with Crippen LogP contribution in [0.25, 0.3) is 0 Å². The number of nitrogens with two attached hydrogens (primary N) is 2. The van der Waals surface area contributed by atoms with Crippen LogP contribution < -0.4 is 11.5 Å². The first-order valence-electron chi connectivity index (χ1n) is 7.52. The predicted molar refractivity (Wildman–Crippen MR) is 86.3 cm³/mol. The van der Waals surface area contributed by atoms with E-state index in [1.165, 1.54) is 12.8 Å². The number of rotatable bonds is 8. The second-order valence-electron chi connectivity index (χ2n) is 6.44. The van der Waals surface area contributed by atoms with Gasteiger partial charge in [-0.25, -0.2) is 0 Å². The van der Waals surface area contributed by atoms with Crippen LogP contribution in [0.1, 0.15) is 47.5 Å². The predicted octanol–water partition coefficient (Wildman–Crippen LogP) is 0.985. The maximum atomic E-state index is 8.34. The lowest BCUT2D eigenvalue weighted by molar-refractivity contribution is 0.103. The summed E-state index contributed by atoms with van der Waals surface area (Å²) in [6.45, 7) is 12.2. The summed E-state index contributed by atoms with van der Waals surface area (Å²) in [5.74, 6) is 0.572. The quantitative estimate of drug-likeness (QED) is 0.500. The lowest BCUT2D eigenvalue weighted by atomic mass is 9.69. The lowest BCUT2D eigenvalue weighted by Crippen LogP contribution is -2.60. The van der Waals surface area contributed by atoms with Crippen molar-refractivity contribution in [2.24, 2.45) is 22.8 Å². The first-order chi connectivity index (χ1) is 9.04. The second-order valence-corrected chi connectivity index (χ2v) is 6.44. The molecule has 0 heterocycles. The van der Waals surface area contributed by atoms with Crippen LogP contribution in [0.2, 0.25) is 0 Å². The number of nitrogens with zero attached hydrogens (tertiary/aromatic N) is 1. The highest BCUT2D eigenvalue weighted by atomic mass is 16.3. The van der Waals surface area contributed by atoms with Gasteiger partial charge in [0.05, 0.1) is 18.9 Å². The number of hydrogen-bond acceptors (Lipinski definition) is 5. The van der Waals surface area contributed by atoms with Crippen molar-refractivity contribution in [3.63, 3.8) is 0 Å². The Hall–Kier alpha value is -0.200. The number of hydrogen-bond donors (Lipinski definition) is 4. The van der Waals surface area contributed by atoms with Gasteiger partial charge in [0.25, 0.3) is 0 Å². The van der Waals surface area contributed by atoms with Crippen LogP contribution in [0.15, 0.2) is 0 Å². The maximum Gasteiger partial charge on any atom is 0.0662 e. The van der Waals surface area contributed by atoms with Gasteiger partial charge < -0.3 is 26.6 Å². The Kier molecular flexibility index (Phi) is 11.6. The fourth-order valence-corrected chi connectivity index (χ4v) is 1.78. The fraction of sp³-hybridized carbons (Fsp3) is 1.00. The molecule has 0 aliphatic rings. The maximum absolute atomic E-state index is 8.34. The Labute approximate surface area is 125 Å². The highest BCUT2D eigenvalue weighted by molar-refractivity contribution is 4.91. The van der Waals surface area contributed by atoms with Gasteiger partial charge in [0.2, 0.25) is 0 Å². The topological polar surface area (TPSA) is 95.7 Å². The molecule has 0 aliphatic carbocycles. The third-order valence-corrected chi connectivity index (χ3v) is 4.31. The Balaban J connectivity index is 0. The van der Waals surface area contributed by atoms with Crippen molar-refractivity contribution in [2.75, 3.05) is 33.4 Å². The van der Waals surface area contributed by atoms with Gasteiger partial charge in [0.1, 0.15) is 0 Å². The van der Waals surface area contributed by atoms with Gasteiger partial charge in [0, 0.05) is 13.1 Å². The molecule has 0 bridgehead atoms. The molecule has 5 heteroatoms. The number of likely N-dealkylation sites (N-methyl/N-ethyl adjacent to an activating group) is 1. The molecule has 0 amide bonds. The molecule has 0 spiro atoms. The van der Waals surface area contributed by atoms with Crippen LogP contribution in [0.5, 0.6) is 0 Å². The van der Waals surface area contributed by atoms with Gasteiger partial charge in [-0.15, -0.1) is 0 Å². The summed E-state index contributed by atoms with van der Waals surface area (Å²) in [4.78, 5) is 1.86. The van der Waals surface area contributed by atoms with E-state index in [-0.39, 0.29) is 18.6 Å². The summed E-state index contributed by atoms with van der Waals surface area (Å²) in [6, 6.07) is 0. The van der Waals surface area contributed by atoms with Crippen molar-refractivity contribution in [3.05, 3.63) is 0 Å². The smallest absolute Gasteiger partial charge is 0.0662 e. The van der Waals surface area contributed by atoms with Gasteiger partial charge in [0.15, 0.2) is 0 Å². The van der Waals surface area contributed by atoms with Crippen molar-refractivity contribution in [1.29, 1.82) is 0 Å². The van der Waals surface area contributed by atoms with Crippen molar-refractivity contribution in [3.8, 4) is 0 Å². The Morgan fingerprint density at radius 3 is 1.70 bits per heavy atom. The van der Waals surface area contributed by atoms with Crippen molar-refractivity contribution < 1.29 is 10.2 Å². The van der Waals surface area contributed by atoms with Gasteiger partial charge in [-0.1, -0.05) is 40.5 Å². The third-order valence-electron chi connectivity index (χ3n) is 4.31. The molecule has 0 saturated heterocycles. The minimum atomic E-state index is -0.582. The third kappa shape index (κ3) is 8.87. The van der Waals surface area contributed by atoms with Gasteiger partial charge in [-0.2, -0.15) is 0 Å². The summed E-state index contributed by atoms with van der Waals surface area (Å²) in [5, 5.41) is 16.7. The summed E-state index contributed by atoms with van der Waals surface area (Å²) >= 11 is 0. The number of aliphatic hydroxyl groups excluding tert-OH is 2. The Morgan fingerprint density at radius 2 is 1.45 bits per heavy atom. The molecule has 124 valence electrons. The average molecular weight is 291 g/mol. The van der Waals surface area contributed by atoms with Gasteiger partial charge >= 0.3 is 0 Å². The second kappa shape index (κ2) is 10.5. The van der Waals surface area contributed by atoms with Crippen LogP contribution in [-0.4, -0.2) is 54.1 Å². The van der Waals surface area contributed by atoms with E-state index in [4.69, 9.17) is 21.7 Å². The van der Waals surface area contributed by atoms with E-state index in [9.17, 15) is 0 Å². The van der Waals surface area contributed by atoms with E-state index in [1.54, 1.807) is 0 Å². The molecule has 0 aliphatic heterocycles. The monoisotopic (exact) mass is 291 g/mol. The molecule has 0 saturated carbocycles. The molecule has 0 aromatic rings. The van der Waals surface area contributed by atoms with Crippen LogP contribution >= 0.6 is 0 Å². The highest BCUT2D eigenvalue weighted by Crippen LogP contribution is 2.36. The Morgan fingerprint density at radius 1 is 1.05 bits per heavy atom. The minimum absolute atomic E-state index is 0.00299. The zero-order valence-electron chi connectivity index (χ0n) is 14.3. The van der Waals surface area contributed by atoms with Gasteiger partial charge in [-0.05, 0) is 25.3 Å². The van der Waals surface area contributed by atoms with Gasteiger partial charge in [-0.3, -0.25) is 0 Å². The first kappa shape index (κ1) is 22.1. The van der Waals surface area contributed by atoms with E-state index in [2.05, 4.69) is 27.7 Å². The fourth-order valence-electron chi connectivity index (χ4n) is 1.78. The molecule has 6 N–H and O–H groups in total. The zero-order valence-corrected chi connectivity index (χ0v) is 14.3. The number of aliphatic hydroxyl groups is 2. The molecular formula is C15H37N3O2. The van der Waals surface area contributed by atoms with Crippen LogP contribution in [0.4, 0.5) is 0 Å². The SMILES string of the molecule is CCCC(C)C(C)(C)C(C)(N)N.CN(CCO)CCO. The normalized spacial score (nSPS) is 13.9. The molecule has 0 aromatic carbocycles. The first-order valence-corrected chi connectivity index (χ1v) is 7.52. The molecule has 1 unspecified atom stereocenters. The molecule has 0 fully saturated rings. The average Bonchev–Trinajstić information content (AvgIpc) is 2.29. The molecule has 1 atom stereocenters. The van der Waals surface area contributed by atoms with E-state index >= 15 is 0 Å². The summed E-state index contributed by atoms with van der Waals surface area (Å²) in [5.41, 5.74) is 11.3. The molecule has 20 heavy (non-hydrogen) atoms. The lowest BCUT2D eigenvalue weighted by Gasteiger charge is -2.43. The molecule has 0 radical (unpaired) electrons. The van der Waals surface area contributed by atoms with E-state index in [0.717, 1.165) is 0 Å². The zero-order chi connectivity index (χ0) is 16.4. The molecule has 0 aromatic heterocycles. The van der Waals surface area contributed by atoms with E-state index < -0.39 is 5.66 Å². The summed E-state index contributed by atoms with van der Waals surface area (Å²) in [6.07, 6.45) is 2.39. The Bertz CT molecular complexity index is 222. The van der Waals surface area contributed by atoms with E-state index in [0.29, 0.717) is 19.0 Å². The molecular weight excluding hydrogens is 254 g/mol. The molecule has 5 nitrogen and oxygen atoms in total. The van der Waals surface area contributed by atoms with Crippen LogP contribution in [-0.2, 0) is 0 Å². The highest BCUT2D eigenvalue weighted by Gasteiger charge is 2.38. The standard InChI is InChI=1S/C10H24N2.C5H13NO2/c1-6-7-8(2)9(3,4)10(5,11)12;1-6(2-4-7)3-5-8/h8H,6-7,11-12H2,1-5H3;7-8H,2-5H2,1H3. The van der Waals surface area contributed by atoms with Crippen LogP contribution in [0, 0.1) is 11.3 Å². The van der Waals surface area contributed by atoms with Crippen molar-refractivity contribution >= 4 is 0 Å². The summed E-state index contributed by atoms with van der Waals surface area (Å²) in [7, 11) is 1.85. The van der Waals surface area contributed by atoms with E-state index in [1.807, 2.05) is 18.9 Å². The minimum Gasteiger partial charge on any atom is -0.395 e. The van der Waals surface area contributed by atoms with Crippen LogP contribution in [0.3, 0.4) is 0 Å². The molecule has 0 rings (SSSR count). The summed E-state index contributed by atoms with van der Waals surface area (Å²) < 4.78 is 0. The van der Waals surface area contributed by atoms with Crippen molar-refractivity contribution in [1.82, 2.24) is 4.90 Å². The largest absolute Gasteiger partial charge is 0.395 e. The van der Waals surface area contributed by atoms with Crippen molar-refractivity contribution in [2.45, 2.75) is 53.1 Å².